The lowest BCUT2D eigenvalue weighted by molar-refractivity contribution is -0.231. The summed E-state index contributed by atoms with van der Waals surface area (Å²) < 4.78 is 40.5. The molecule has 0 aliphatic carbocycles. The summed E-state index contributed by atoms with van der Waals surface area (Å²) in [7, 11) is -4.97. The highest BCUT2D eigenvalue weighted by Gasteiger charge is 2.23. The first-order valence-corrected chi connectivity index (χ1v) is 10.6. The number of phosphoric acid groups is 1. The minimum Gasteiger partial charge on any atom is -0.756 e. The molecule has 0 saturated carbocycles. The maximum absolute atomic E-state index is 12.0. The minimum absolute atomic E-state index is 0.0115. The Morgan fingerprint density at radius 1 is 0.774 bits per heavy atom. The quantitative estimate of drug-likeness (QED) is 0.143. The number of carbonyl (C=O) groups excluding carboxylic acids is 4. The van der Waals surface area contributed by atoms with E-state index in [4.69, 9.17) is 25.7 Å². The molecule has 0 spiro atoms. The number of rotatable bonds is 16. The van der Waals surface area contributed by atoms with Gasteiger partial charge in [-0.25, -0.2) is 0 Å². The Morgan fingerprint density at radius 2 is 1.26 bits per heavy atom. The highest BCUT2D eigenvalue weighted by atomic mass is 31.2. The van der Waals surface area contributed by atoms with Gasteiger partial charge < -0.3 is 44.4 Å². The Kier molecular flexibility index (Phi) is 14.6. The molecule has 2 unspecified atom stereocenters. The summed E-state index contributed by atoms with van der Waals surface area (Å²) in [4.78, 5) is 56.9. The molecule has 14 nitrogen and oxygen atoms in total. The van der Waals surface area contributed by atoms with Crippen LogP contribution in [0.1, 0.15) is 26.7 Å². The van der Waals surface area contributed by atoms with Crippen LogP contribution in [0.25, 0.3) is 0 Å². The van der Waals surface area contributed by atoms with Gasteiger partial charge in [0, 0.05) is 26.9 Å². The molecule has 0 aliphatic rings. The van der Waals surface area contributed by atoms with E-state index in [0.29, 0.717) is 0 Å². The molecule has 0 saturated heterocycles. The molecule has 180 valence electrons. The fraction of sp³-hybridized carbons (Fsp3) is 0.750. The van der Waals surface area contributed by atoms with Crippen LogP contribution in [0.15, 0.2) is 0 Å². The number of nitrogens with two attached hydrogens (primary N) is 2. The fourth-order valence-corrected chi connectivity index (χ4v) is 2.57. The maximum Gasteiger partial charge on any atom is 0.307 e. The van der Waals surface area contributed by atoms with E-state index in [1.54, 1.807) is 0 Å². The van der Waals surface area contributed by atoms with E-state index < -0.39 is 70.3 Å². The zero-order valence-corrected chi connectivity index (χ0v) is 18.2. The van der Waals surface area contributed by atoms with Crippen LogP contribution in [-0.2, 0) is 51.7 Å². The molecular weight excluding hydrogens is 443 g/mol. The summed E-state index contributed by atoms with van der Waals surface area (Å²) in [6, 6.07) is 0. The second-order valence-corrected chi connectivity index (χ2v) is 7.36. The summed E-state index contributed by atoms with van der Waals surface area (Å²) in [6.45, 7) is -0.148. The maximum atomic E-state index is 12.0. The molecular formula is C16H28N2O12P-. The molecule has 0 radical (unpaired) electrons. The van der Waals surface area contributed by atoms with E-state index in [9.17, 15) is 28.6 Å². The third-order valence-electron chi connectivity index (χ3n) is 3.07. The number of carbonyl (C=O) groups is 4. The average molecular weight is 471 g/mol. The second-order valence-electron chi connectivity index (χ2n) is 5.95. The van der Waals surface area contributed by atoms with Crippen molar-refractivity contribution in [3.8, 4) is 0 Å². The van der Waals surface area contributed by atoms with Crippen molar-refractivity contribution in [3.05, 3.63) is 0 Å². The van der Waals surface area contributed by atoms with Crippen molar-refractivity contribution < 1.29 is 56.6 Å². The van der Waals surface area contributed by atoms with E-state index in [-0.39, 0.29) is 25.9 Å². The van der Waals surface area contributed by atoms with Crippen molar-refractivity contribution in [2.45, 2.75) is 38.9 Å². The molecule has 3 atom stereocenters. The summed E-state index contributed by atoms with van der Waals surface area (Å²) >= 11 is 0. The Morgan fingerprint density at radius 3 is 1.74 bits per heavy atom. The third kappa shape index (κ3) is 16.3. The van der Waals surface area contributed by atoms with Crippen molar-refractivity contribution in [2.75, 3.05) is 39.5 Å². The summed E-state index contributed by atoms with van der Waals surface area (Å²) in [5.41, 5.74) is 10.5. The lowest BCUT2D eigenvalue weighted by Crippen LogP contribution is -2.32. The van der Waals surface area contributed by atoms with Gasteiger partial charge in [-0.1, -0.05) is 0 Å². The van der Waals surface area contributed by atoms with Crippen molar-refractivity contribution in [1.82, 2.24) is 0 Å². The van der Waals surface area contributed by atoms with Gasteiger partial charge in [-0.2, -0.15) is 0 Å². The molecule has 0 aromatic heterocycles. The Balaban J connectivity index is 4.82. The lowest BCUT2D eigenvalue weighted by atomic mass is 10.3. The highest BCUT2D eigenvalue weighted by Crippen LogP contribution is 2.38. The Labute approximate surface area is 179 Å². The highest BCUT2D eigenvalue weighted by molar-refractivity contribution is 7.45. The second kappa shape index (κ2) is 15.7. The van der Waals surface area contributed by atoms with Crippen LogP contribution in [0.3, 0.4) is 0 Å². The largest absolute Gasteiger partial charge is 0.756 e. The first kappa shape index (κ1) is 28.9. The molecule has 0 rings (SSSR count). The molecule has 4 N–H and O–H groups in total. The van der Waals surface area contributed by atoms with Crippen LogP contribution >= 0.6 is 7.82 Å². The van der Waals surface area contributed by atoms with E-state index in [1.807, 2.05) is 0 Å². The van der Waals surface area contributed by atoms with Gasteiger partial charge in [-0.15, -0.1) is 0 Å². The first-order valence-electron chi connectivity index (χ1n) is 9.15. The van der Waals surface area contributed by atoms with Crippen LogP contribution in [0.2, 0.25) is 0 Å². The van der Waals surface area contributed by atoms with Crippen molar-refractivity contribution >= 4 is 31.7 Å². The predicted octanol–water partition coefficient (Wildman–Crippen LogP) is -1.86. The van der Waals surface area contributed by atoms with Crippen LogP contribution in [-0.4, -0.2) is 75.6 Å². The van der Waals surface area contributed by atoms with Gasteiger partial charge in [0.2, 0.25) is 0 Å². The van der Waals surface area contributed by atoms with Crippen LogP contribution in [0.5, 0.6) is 0 Å². The molecule has 0 aliphatic heterocycles. The van der Waals surface area contributed by atoms with E-state index in [2.05, 4.69) is 13.8 Å². The van der Waals surface area contributed by atoms with Crippen molar-refractivity contribution in [1.29, 1.82) is 0 Å². The smallest absolute Gasteiger partial charge is 0.307 e. The summed E-state index contributed by atoms with van der Waals surface area (Å²) in [5.74, 6) is -2.87. The SMILES string of the molecule is CC(=O)OC[C@H](COP(=O)([O-])OCC(COC(=O)CCN)OC(=O)CCN)OC(C)=O. The lowest BCUT2D eigenvalue weighted by Gasteiger charge is -2.27. The molecule has 0 fully saturated rings. The molecule has 31 heavy (non-hydrogen) atoms. The topological polar surface area (TPSA) is 216 Å². The van der Waals surface area contributed by atoms with Gasteiger partial charge >= 0.3 is 23.9 Å². The molecule has 0 aromatic rings. The van der Waals surface area contributed by atoms with Crippen LogP contribution < -0.4 is 16.4 Å². The average Bonchev–Trinajstić information content (AvgIpc) is 2.66. The van der Waals surface area contributed by atoms with Crippen LogP contribution in [0.4, 0.5) is 0 Å². The molecule has 0 heterocycles. The predicted molar refractivity (Wildman–Crippen MR) is 99.9 cm³/mol. The van der Waals surface area contributed by atoms with Gasteiger partial charge in [0.1, 0.15) is 13.2 Å². The monoisotopic (exact) mass is 471 g/mol. The van der Waals surface area contributed by atoms with Gasteiger partial charge in [-0.05, 0) is 0 Å². The standard InChI is InChI=1S/C16H29N2O12P/c1-11(19)25-7-13(29-12(2)20)9-27-31(23,24)28-10-14(30-16(22)4-6-18)8-26-15(21)3-5-17/h13-14H,3-10,17-18H2,1-2H3,(H,23,24)/p-1/t13-,14?/m1/s1. The molecule has 0 aromatic carbocycles. The van der Waals surface area contributed by atoms with E-state index >= 15 is 0 Å². The fourth-order valence-electron chi connectivity index (χ4n) is 1.80. The molecule has 0 bridgehead atoms. The van der Waals surface area contributed by atoms with Crippen LogP contribution in [0, 0.1) is 0 Å². The number of phosphoric ester groups is 1. The number of ether oxygens (including phenoxy) is 4. The first-order chi connectivity index (χ1) is 14.5. The van der Waals surface area contributed by atoms with Gasteiger partial charge in [-0.3, -0.25) is 23.7 Å². The van der Waals surface area contributed by atoms with Crippen molar-refractivity contribution in [2.24, 2.45) is 11.5 Å². The summed E-state index contributed by atoms with van der Waals surface area (Å²) in [5, 5.41) is 0. The normalized spacial score (nSPS) is 14.6. The van der Waals surface area contributed by atoms with Gasteiger partial charge in [0.25, 0.3) is 7.82 Å². The molecule has 0 amide bonds. The number of esters is 4. The zero-order chi connectivity index (χ0) is 23.9. The van der Waals surface area contributed by atoms with Crippen molar-refractivity contribution in [3.63, 3.8) is 0 Å². The summed E-state index contributed by atoms with van der Waals surface area (Å²) in [6.07, 6.45) is -2.72. The number of hydrogen-bond donors (Lipinski definition) is 2. The zero-order valence-electron chi connectivity index (χ0n) is 17.3. The van der Waals surface area contributed by atoms with E-state index in [1.165, 1.54) is 0 Å². The Bertz CT molecular complexity index is 644. The third-order valence-corrected chi connectivity index (χ3v) is 4.00. The number of hydrogen-bond acceptors (Lipinski definition) is 14. The Hall–Kier alpha value is -2.09. The minimum atomic E-state index is -4.97. The van der Waals surface area contributed by atoms with Gasteiger partial charge in [0.15, 0.2) is 12.2 Å². The van der Waals surface area contributed by atoms with Gasteiger partial charge in [0.05, 0.1) is 26.1 Å². The molecule has 15 heteroatoms. The van der Waals surface area contributed by atoms with E-state index in [0.717, 1.165) is 13.8 Å².